The lowest BCUT2D eigenvalue weighted by Gasteiger charge is -2.04. The summed E-state index contributed by atoms with van der Waals surface area (Å²) in [6, 6.07) is 2.97. The van der Waals surface area contributed by atoms with E-state index in [0.29, 0.717) is 0 Å². The minimum absolute atomic E-state index is 0. The molecular formula is C7H8F3NO. The summed E-state index contributed by atoms with van der Waals surface area (Å²) < 4.78 is 39.6. The molecule has 0 amide bonds. The Hall–Kier alpha value is -1.39. The predicted octanol–water partition coefficient (Wildman–Crippen LogP) is 2.26. The Morgan fingerprint density at radius 3 is 2.50 bits per heavy atom. The molecule has 12 heavy (non-hydrogen) atoms. The highest BCUT2D eigenvalue weighted by atomic mass is 19.3. The largest absolute Gasteiger partial charge is 0.435 e. The molecule has 0 saturated heterocycles. The Morgan fingerprint density at radius 1 is 1.33 bits per heavy atom. The molecule has 1 aromatic rings. The summed E-state index contributed by atoms with van der Waals surface area (Å²) in [5.41, 5.74) is 5.22. The SMILES string of the molecule is Nc1cc(F)cc(OC(F)F)c1.[HH]. The van der Waals surface area contributed by atoms with Gasteiger partial charge in [-0.1, -0.05) is 0 Å². The standard InChI is InChI=1S/C7H6F3NO.H2/c8-4-1-5(11)3-6(2-4)12-7(9)10;/h1-3,7H,11H2;1H. The van der Waals surface area contributed by atoms with E-state index in [1.165, 1.54) is 0 Å². The summed E-state index contributed by atoms with van der Waals surface area (Å²) in [6.07, 6.45) is 0. The molecule has 0 spiro atoms. The zero-order chi connectivity index (χ0) is 9.14. The maximum absolute atomic E-state index is 12.5. The van der Waals surface area contributed by atoms with Crippen molar-refractivity contribution in [2.24, 2.45) is 0 Å². The van der Waals surface area contributed by atoms with Gasteiger partial charge in [-0.2, -0.15) is 8.78 Å². The van der Waals surface area contributed by atoms with Gasteiger partial charge in [0.2, 0.25) is 0 Å². The van der Waals surface area contributed by atoms with Gasteiger partial charge in [0.25, 0.3) is 0 Å². The van der Waals surface area contributed by atoms with E-state index in [0.717, 1.165) is 18.2 Å². The third kappa shape index (κ3) is 2.34. The van der Waals surface area contributed by atoms with Crippen LogP contribution in [0.5, 0.6) is 5.75 Å². The fraction of sp³-hybridized carbons (Fsp3) is 0.143. The quantitative estimate of drug-likeness (QED) is 0.706. The molecule has 1 rings (SSSR count). The number of ether oxygens (including phenoxy) is 1. The number of nitrogens with two attached hydrogens (primary N) is 1. The lowest BCUT2D eigenvalue weighted by atomic mass is 10.3. The number of alkyl halides is 2. The van der Waals surface area contributed by atoms with Crippen molar-refractivity contribution in [3.05, 3.63) is 24.0 Å². The molecule has 0 unspecified atom stereocenters. The van der Waals surface area contributed by atoms with Crippen molar-refractivity contribution in [1.29, 1.82) is 0 Å². The van der Waals surface area contributed by atoms with Crippen molar-refractivity contribution in [1.82, 2.24) is 0 Å². The van der Waals surface area contributed by atoms with Gasteiger partial charge in [0.15, 0.2) is 0 Å². The normalized spacial score (nSPS) is 10.3. The van der Waals surface area contributed by atoms with Crippen molar-refractivity contribution in [3.8, 4) is 5.75 Å². The molecule has 0 aromatic heterocycles. The minimum atomic E-state index is -2.97. The number of hydrogen-bond donors (Lipinski definition) is 1. The van der Waals surface area contributed by atoms with Crippen molar-refractivity contribution >= 4 is 5.69 Å². The fourth-order valence-corrected chi connectivity index (χ4v) is 0.755. The van der Waals surface area contributed by atoms with Gasteiger partial charge >= 0.3 is 6.61 Å². The number of rotatable bonds is 2. The molecule has 0 fully saturated rings. The maximum atomic E-state index is 12.5. The maximum Gasteiger partial charge on any atom is 0.387 e. The minimum Gasteiger partial charge on any atom is -0.435 e. The van der Waals surface area contributed by atoms with Crippen LogP contribution in [-0.2, 0) is 0 Å². The van der Waals surface area contributed by atoms with Crippen LogP contribution in [0.4, 0.5) is 18.9 Å². The second kappa shape index (κ2) is 3.34. The third-order valence-corrected chi connectivity index (χ3v) is 1.12. The molecule has 2 nitrogen and oxygen atoms in total. The second-order valence-corrected chi connectivity index (χ2v) is 2.10. The zero-order valence-corrected chi connectivity index (χ0v) is 5.93. The van der Waals surface area contributed by atoms with E-state index >= 15 is 0 Å². The van der Waals surface area contributed by atoms with E-state index in [9.17, 15) is 13.2 Å². The van der Waals surface area contributed by atoms with Crippen LogP contribution >= 0.6 is 0 Å². The summed E-state index contributed by atoms with van der Waals surface area (Å²) in [5.74, 6) is -0.979. The van der Waals surface area contributed by atoms with E-state index in [-0.39, 0.29) is 12.9 Å². The molecule has 1 aromatic carbocycles. The van der Waals surface area contributed by atoms with Crippen LogP contribution in [0.2, 0.25) is 0 Å². The highest BCUT2D eigenvalue weighted by Gasteiger charge is 2.05. The zero-order valence-electron chi connectivity index (χ0n) is 5.93. The molecule has 0 aliphatic rings. The topological polar surface area (TPSA) is 35.2 Å². The summed E-state index contributed by atoms with van der Waals surface area (Å²) in [5, 5.41) is 0. The average molecular weight is 179 g/mol. The first kappa shape index (κ1) is 8.70. The van der Waals surface area contributed by atoms with Crippen LogP contribution in [0.1, 0.15) is 1.43 Å². The first-order valence-electron chi connectivity index (χ1n) is 3.09. The highest BCUT2D eigenvalue weighted by Crippen LogP contribution is 2.19. The Kier molecular flexibility index (Phi) is 2.42. The van der Waals surface area contributed by atoms with E-state index in [1.807, 2.05) is 0 Å². The van der Waals surface area contributed by atoms with Crippen molar-refractivity contribution < 1.29 is 19.3 Å². The van der Waals surface area contributed by atoms with E-state index < -0.39 is 12.4 Å². The van der Waals surface area contributed by atoms with Crippen LogP contribution in [0.15, 0.2) is 18.2 Å². The monoisotopic (exact) mass is 179 g/mol. The Balaban J connectivity index is 0.00000144. The number of nitrogen functional groups attached to an aromatic ring is 1. The highest BCUT2D eigenvalue weighted by molar-refractivity contribution is 5.44. The van der Waals surface area contributed by atoms with Crippen LogP contribution in [0.25, 0.3) is 0 Å². The fourth-order valence-electron chi connectivity index (χ4n) is 0.755. The first-order chi connectivity index (χ1) is 5.58. The lowest BCUT2D eigenvalue weighted by Crippen LogP contribution is -2.02. The third-order valence-electron chi connectivity index (χ3n) is 1.12. The molecule has 0 atom stereocenters. The van der Waals surface area contributed by atoms with Crippen LogP contribution in [-0.4, -0.2) is 6.61 Å². The molecular weight excluding hydrogens is 171 g/mol. The van der Waals surface area contributed by atoms with Crippen molar-refractivity contribution in [2.75, 3.05) is 5.73 Å². The van der Waals surface area contributed by atoms with E-state index in [4.69, 9.17) is 5.73 Å². The Bertz CT molecular complexity index is 262. The van der Waals surface area contributed by atoms with Crippen molar-refractivity contribution in [2.45, 2.75) is 6.61 Å². The average Bonchev–Trinajstić information content (AvgIpc) is 1.81. The second-order valence-electron chi connectivity index (χ2n) is 2.10. The molecule has 0 aliphatic carbocycles. The smallest absolute Gasteiger partial charge is 0.387 e. The number of benzene rings is 1. The lowest BCUT2D eigenvalue weighted by molar-refractivity contribution is -0.0499. The summed E-state index contributed by atoms with van der Waals surface area (Å²) in [6.45, 7) is -2.97. The summed E-state index contributed by atoms with van der Waals surface area (Å²) in [7, 11) is 0. The molecule has 0 radical (unpaired) electrons. The Labute approximate surface area is 68.2 Å². The van der Waals surface area contributed by atoms with Gasteiger partial charge in [-0.15, -0.1) is 0 Å². The van der Waals surface area contributed by atoms with Gasteiger partial charge in [0, 0.05) is 19.2 Å². The van der Waals surface area contributed by atoms with Gasteiger partial charge in [0.1, 0.15) is 11.6 Å². The van der Waals surface area contributed by atoms with Crippen LogP contribution < -0.4 is 10.5 Å². The molecule has 0 aliphatic heterocycles. The van der Waals surface area contributed by atoms with Crippen molar-refractivity contribution in [3.63, 3.8) is 0 Å². The first-order valence-corrected chi connectivity index (χ1v) is 3.09. The number of halogens is 3. The molecule has 5 heteroatoms. The van der Waals surface area contributed by atoms with Gasteiger partial charge in [0.05, 0.1) is 0 Å². The molecule has 2 N–H and O–H groups in total. The van der Waals surface area contributed by atoms with E-state index in [2.05, 4.69) is 4.74 Å². The molecule has 68 valence electrons. The molecule has 0 heterocycles. The summed E-state index contributed by atoms with van der Waals surface area (Å²) >= 11 is 0. The van der Waals surface area contributed by atoms with Crippen LogP contribution in [0.3, 0.4) is 0 Å². The van der Waals surface area contributed by atoms with Gasteiger partial charge in [-0.05, 0) is 6.07 Å². The predicted molar refractivity (Wildman–Crippen MR) is 39.6 cm³/mol. The van der Waals surface area contributed by atoms with Gasteiger partial charge in [-0.3, -0.25) is 0 Å². The summed E-state index contributed by atoms with van der Waals surface area (Å²) in [4.78, 5) is 0. The molecule has 0 saturated carbocycles. The number of hydrogen-bond acceptors (Lipinski definition) is 2. The molecule has 0 bridgehead atoms. The van der Waals surface area contributed by atoms with Gasteiger partial charge in [-0.25, -0.2) is 4.39 Å². The van der Waals surface area contributed by atoms with E-state index in [1.54, 1.807) is 0 Å². The van der Waals surface area contributed by atoms with Crippen LogP contribution in [0, 0.1) is 5.82 Å². The Morgan fingerprint density at radius 2 is 2.00 bits per heavy atom. The number of anilines is 1. The van der Waals surface area contributed by atoms with Gasteiger partial charge < -0.3 is 10.5 Å².